The lowest BCUT2D eigenvalue weighted by molar-refractivity contribution is -0.122. The molecule has 8 rings (SSSR count). The number of hydrogen-bond acceptors (Lipinski definition) is 9. The van der Waals surface area contributed by atoms with Crippen LogP contribution in [0.3, 0.4) is 0 Å². The van der Waals surface area contributed by atoms with E-state index in [1.54, 1.807) is 64.8 Å². The topological polar surface area (TPSA) is 116 Å². The van der Waals surface area contributed by atoms with Crippen LogP contribution in [0.15, 0.2) is 134 Å². The zero-order valence-corrected chi connectivity index (χ0v) is 41.0. The second-order valence-electron chi connectivity index (χ2n) is 18.3. The highest BCUT2D eigenvalue weighted by atomic mass is 19.1. The molecule has 6 aromatic carbocycles. The summed E-state index contributed by atoms with van der Waals surface area (Å²) in [6, 6.07) is 34.5. The highest BCUT2D eigenvalue weighted by Crippen LogP contribution is 2.48. The number of H-pyrrole nitrogens is 2. The summed E-state index contributed by atoms with van der Waals surface area (Å²) >= 11 is 0. The third kappa shape index (κ3) is 11.2. The number of halogens is 2. The van der Waals surface area contributed by atoms with Gasteiger partial charge in [0.2, 0.25) is 0 Å². The van der Waals surface area contributed by atoms with E-state index in [0.29, 0.717) is 45.5 Å². The molecule has 0 spiro atoms. The maximum absolute atomic E-state index is 17.2. The van der Waals surface area contributed by atoms with E-state index in [9.17, 15) is 0 Å². The number of ether oxygens (including phenoxy) is 4. The Kier molecular flexibility index (Phi) is 15.4. The van der Waals surface area contributed by atoms with E-state index in [4.69, 9.17) is 18.9 Å². The van der Waals surface area contributed by atoms with Crippen molar-refractivity contribution in [2.75, 3.05) is 80.4 Å². The fraction of sp³-hybridized carbons (Fsp3) is 0.281. The molecular formula is C57H62F2N6O5. The number of benzene rings is 6. The number of hydrogen-bond donors (Lipinski definition) is 4. The lowest BCUT2D eigenvalue weighted by atomic mass is 9.73. The Balaban J connectivity index is 1.43. The van der Waals surface area contributed by atoms with E-state index in [2.05, 4.69) is 66.8 Å². The van der Waals surface area contributed by atoms with Gasteiger partial charge in [-0.3, -0.25) is 4.79 Å². The molecule has 0 saturated heterocycles. The van der Waals surface area contributed by atoms with Gasteiger partial charge in [0.25, 0.3) is 0 Å². The lowest BCUT2D eigenvalue weighted by Gasteiger charge is -2.35. The van der Waals surface area contributed by atoms with Gasteiger partial charge in [-0.25, -0.2) is 8.78 Å². The molecule has 11 nitrogen and oxygen atoms in total. The Morgan fingerprint density at radius 1 is 0.514 bits per heavy atom. The molecule has 364 valence electrons. The van der Waals surface area contributed by atoms with Gasteiger partial charge in [-0.05, 0) is 123 Å². The molecule has 4 unspecified atom stereocenters. The maximum atomic E-state index is 17.2. The van der Waals surface area contributed by atoms with Crippen LogP contribution in [0.5, 0.6) is 23.0 Å². The number of aromatic amines is 2. The molecule has 0 aliphatic rings. The minimum Gasteiger partial charge on any atom is -0.497 e. The van der Waals surface area contributed by atoms with E-state index < -0.39 is 35.6 Å². The average molecular weight is 949 g/mol. The molecule has 8 aromatic rings. The highest BCUT2D eigenvalue weighted by molar-refractivity contribution is 6.01. The van der Waals surface area contributed by atoms with Gasteiger partial charge in [0.05, 0.1) is 52.4 Å². The first kappa shape index (κ1) is 49.1. The van der Waals surface area contributed by atoms with Crippen molar-refractivity contribution < 1.29 is 32.5 Å². The van der Waals surface area contributed by atoms with Crippen molar-refractivity contribution in [3.63, 3.8) is 0 Å². The number of rotatable bonds is 22. The molecule has 4 atom stereocenters. The predicted molar refractivity (Wildman–Crippen MR) is 276 cm³/mol. The van der Waals surface area contributed by atoms with Crippen molar-refractivity contribution in [2.45, 2.75) is 36.8 Å². The third-order valence-electron chi connectivity index (χ3n) is 13.0. The number of Topliss-reactive ketones (excluding diaryl/α,β-unsaturated/α-hetero) is 1. The van der Waals surface area contributed by atoms with Crippen LogP contribution in [0.2, 0.25) is 0 Å². The van der Waals surface area contributed by atoms with Gasteiger partial charge in [-0.15, -0.1) is 0 Å². The molecule has 13 heteroatoms. The number of ketones is 1. The summed E-state index contributed by atoms with van der Waals surface area (Å²) < 4.78 is 53.0. The average Bonchev–Trinajstić information content (AvgIpc) is 3.98. The first-order chi connectivity index (χ1) is 33.8. The van der Waals surface area contributed by atoms with Crippen molar-refractivity contribution in [2.24, 2.45) is 0 Å². The maximum Gasteiger partial charge on any atom is 0.152 e. The molecule has 4 N–H and O–H groups in total. The van der Waals surface area contributed by atoms with Gasteiger partial charge in [0.15, 0.2) is 5.78 Å². The molecule has 0 fully saturated rings. The Labute approximate surface area is 408 Å². The second kappa shape index (κ2) is 21.9. The molecule has 0 saturated carbocycles. The molecule has 0 aliphatic carbocycles. The number of carbonyl (C=O) groups is 1. The van der Waals surface area contributed by atoms with Gasteiger partial charge in [-0.2, -0.15) is 0 Å². The lowest BCUT2D eigenvalue weighted by Crippen LogP contribution is -2.34. The summed E-state index contributed by atoms with van der Waals surface area (Å²) in [5.74, 6) is -0.800. The van der Waals surface area contributed by atoms with E-state index in [1.807, 2.05) is 64.8 Å². The molecule has 0 amide bonds. The van der Waals surface area contributed by atoms with E-state index in [1.165, 1.54) is 24.3 Å². The summed E-state index contributed by atoms with van der Waals surface area (Å²) in [6.07, 6.45) is 5.41. The molecule has 2 aromatic heterocycles. The Hall–Kier alpha value is -7.35. The number of carbonyl (C=O) groups excluding carboxylic acids is 1. The number of anilines is 2. The Morgan fingerprint density at radius 3 is 1.20 bits per heavy atom. The number of nitrogens with one attached hydrogen (secondary N) is 4. The van der Waals surface area contributed by atoms with Gasteiger partial charge in [0.1, 0.15) is 34.6 Å². The molecule has 0 aliphatic heterocycles. The van der Waals surface area contributed by atoms with Gasteiger partial charge >= 0.3 is 0 Å². The number of likely N-dealkylation sites (N-methyl/N-ethyl adjacent to an activating group) is 2. The van der Waals surface area contributed by atoms with E-state index in [-0.39, 0.29) is 5.78 Å². The second-order valence-corrected chi connectivity index (χ2v) is 18.3. The van der Waals surface area contributed by atoms with Gasteiger partial charge in [0, 0.05) is 95.1 Å². The number of fused-ring (bicyclic) bond motifs is 2. The van der Waals surface area contributed by atoms with Crippen LogP contribution in [0.4, 0.5) is 20.2 Å². The number of methoxy groups -OCH3 is 4. The van der Waals surface area contributed by atoms with Crippen LogP contribution in [0.1, 0.15) is 57.3 Å². The molecule has 70 heavy (non-hydrogen) atoms. The summed E-state index contributed by atoms with van der Waals surface area (Å²) in [5, 5.41) is 9.26. The summed E-state index contributed by atoms with van der Waals surface area (Å²) in [7, 11) is 14.5. The monoisotopic (exact) mass is 948 g/mol. The standard InChI is InChI=1S/C57H62F2N6O5/c1-64(2)23-21-35-9-19-51-47(25-35)49(33-60-51)53(55(37-11-15-39(58)16-12-37)62-41-27-43(67-5)31-44(28-41)68-6)57(66)54(50-34-61-52-20-10-36(26-48(50)52)22-24-65(3)4)56(38-13-17-40(59)18-14-38)63-42-29-45(69-7)32-46(30-42)70-8/h9-20,25-34,53-56,60-63H,21-24H2,1-8H3. The molecular weight excluding hydrogens is 887 g/mol. The van der Waals surface area contributed by atoms with Crippen LogP contribution in [-0.4, -0.2) is 95.3 Å². The largest absolute Gasteiger partial charge is 0.497 e. The Morgan fingerprint density at radius 2 is 0.871 bits per heavy atom. The zero-order valence-electron chi connectivity index (χ0n) is 41.0. The van der Waals surface area contributed by atoms with Crippen molar-refractivity contribution in [1.82, 2.24) is 19.8 Å². The fourth-order valence-corrected chi connectivity index (χ4v) is 9.30. The highest BCUT2D eigenvalue weighted by Gasteiger charge is 2.43. The minimum atomic E-state index is -0.975. The minimum absolute atomic E-state index is 0.174. The number of aromatic nitrogens is 2. The predicted octanol–water partition coefficient (Wildman–Crippen LogP) is 11.3. The molecule has 2 heterocycles. The van der Waals surface area contributed by atoms with Crippen molar-refractivity contribution in [1.29, 1.82) is 0 Å². The smallest absolute Gasteiger partial charge is 0.152 e. The zero-order chi connectivity index (χ0) is 49.5. The van der Waals surface area contributed by atoms with Crippen LogP contribution < -0.4 is 29.6 Å². The summed E-state index contributed by atoms with van der Waals surface area (Å²) in [6.45, 7) is 1.65. The molecule has 0 radical (unpaired) electrons. The summed E-state index contributed by atoms with van der Waals surface area (Å²) in [4.78, 5) is 28.5. The number of nitrogens with zero attached hydrogens (tertiary/aromatic N) is 2. The van der Waals surface area contributed by atoms with Crippen LogP contribution in [0, 0.1) is 11.6 Å². The van der Waals surface area contributed by atoms with Gasteiger partial charge < -0.3 is 49.3 Å². The van der Waals surface area contributed by atoms with Crippen molar-refractivity contribution in [3.8, 4) is 23.0 Å². The first-order valence-corrected chi connectivity index (χ1v) is 23.4. The van der Waals surface area contributed by atoms with Crippen molar-refractivity contribution in [3.05, 3.63) is 179 Å². The fourth-order valence-electron chi connectivity index (χ4n) is 9.30. The summed E-state index contributed by atoms with van der Waals surface area (Å²) in [5.41, 5.74) is 7.94. The van der Waals surface area contributed by atoms with E-state index in [0.717, 1.165) is 70.0 Å². The quantitative estimate of drug-likeness (QED) is 0.0527. The first-order valence-electron chi connectivity index (χ1n) is 23.4. The van der Waals surface area contributed by atoms with Gasteiger partial charge in [-0.1, -0.05) is 36.4 Å². The van der Waals surface area contributed by atoms with Crippen molar-refractivity contribution >= 4 is 39.0 Å². The van der Waals surface area contributed by atoms with Crippen LogP contribution in [-0.2, 0) is 17.6 Å². The van der Waals surface area contributed by atoms with Crippen LogP contribution in [0.25, 0.3) is 21.8 Å². The Bertz CT molecular complexity index is 2790. The molecule has 0 bridgehead atoms. The third-order valence-corrected chi connectivity index (χ3v) is 13.0. The van der Waals surface area contributed by atoms with Crippen LogP contribution >= 0.6 is 0 Å². The normalized spacial score (nSPS) is 13.3. The van der Waals surface area contributed by atoms with E-state index >= 15 is 13.6 Å². The SMILES string of the molecule is COc1cc(NC(c2ccc(F)cc2)C(C(=O)C(c2c[nH]c3ccc(CCN(C)C)cc23)C(Nc2cc(OC)cc(OC)c2)c2ccc(F)cc2)c2c[nH]c3ccc(CCN(C)C)cc23)cc(OC)c1.